The summed E-state index contributed by atoms with van der Waals surface area (Å²) in [5.74, 6) is 0.697. The monoisotopic (exact) mass is 278 g/mol. The number of carbonyl (C=O) groups is 2. The second kappa shape index (κ2) is 6.35. The highest BCUT2D eigenvalue weighted by Crippen LogP contribution is 2.35. The summed E-state index contributed by atoms with van der Waals surface area (Å²) >= 11 is 0. The molecule has 1 heterocycles. The van der Waals surface area contributed by atoms with Gasteiger partial charge in [0.05, 0.1) is 0 Å². The molecule has 0 saturated carbocycles. The summed E-state index contributed by atoms with van der Waals surface area (Å²) in [5.41, 5.74) is 1.92. The number of hydrogen-bond donors (Lipinski definition) is 0. The largest absolute Gasteiger partial charge is 0.428 e. The molecule has 0 radical (unpaired) electrons. The fraction of sp³-hybridized carbons (Fsp3) is 0.625. The van der Waals surface area contributed by atoms with E-state index < -0.39 is 6.29 Å². The van der Waals surface area contributed by atoms with E-state index in [1.807, 2.05) is 6.92 Å². The van der Waals surface area contributed by atoms with Gasteiger partial charge < -0.3 is 9.47 Å². The molecule has 0 fully saturated rings. The zero-order valence-electron chi connectivity index (χ0n) is 12.3. The van der Waals surface area contributed by atoms with Crippen LogP contribution in [0.4, 0.5) is 0 Å². The molecule has 0 aromatic carbocycles. The van der Waals surface area contributed by atoms with Crippen molar-refractivity contribution in [2.45, 2.75) is 46.3 Å². The van der Waals surface area contributed by atoms with Gasteiger partial charge in [-0.3, -0.25) is 4.79 Å². The van der Waals surface area contributed by atoms with Crippen molar-refractivity contribution in [1.82, 2.24) is 0 Å². The van der Waals surface area contributed by atoms with Crippen LogP contribution in [0.3, 0.4) is 0 Å². The molecule has 110 valence electrons. The lowest BCUT2D eigenvalue weighted by Crippen LogP contribution is -2.22. The first-order valence-electron chi connectivity index (χ1n) is 7.27. The van der Waals surface area contributed by atoms with Crippen molar-refractivity contribution in [3.8, 4) is 0 Å². The fourth-order valence-electron chi connectivity index (χ4n) is 2.91. The molecule has 4 nitrogen and oxygen atoms in total. The quantitative estimate of drug-likeness (QED) is 0.726. The summed E-state index contributed by atoms with van der Waals surface area (Å²) in [7, 11) is 0. The van der Waals surface area contributed by atoms with Crippen LogP contribution in [0.2, 0.25) is 0 Å². The molecule has 4 heteroatoms. The number of cyclic esters (lactones) is 1. The lowest BCUT2D eigenvalue weighted by molar-refractivity contribution is -0.158. The van der Waals surface area contributed by atoms with Crippen LogP contribution in [0.1, 0.15) is 40.0 Å². The molecule has 0 spiro atoms. The lowest BCUT2D eigenvalue weighted by Gasteiger charge is -2.28. The topological polar surface area (TPSA) is 52.6 Å². The van der Waals surface area contributed by atoms with E-state index in [-0.39, 0.29) is 11.8 Å². The maximum absolute atomic E-state index is 11.7. The van der Waals surface area contributed by atoms with E-state index in [0.717, 1.165) is 17.6 Å². The number of ether oxygens (including phenoxy) is 2. The molecule has 0 bridgehead atoms. The van der Waals surface area contributed by atoms with Crippen LogP contribution in [0.5, 0.6) is 0 Å². The van der Waals surface area contributed by atoms with Crippen LogP contribution in [0.25, 0.3) is 0 Å². The molecule has 0 saturated heterocycles. The molecule has 2 aliphatic rings. The molecule has 1 aliphatic heterocycles. The van der Waals surface area contributed by atoms with Gasteiger partial charge in [-0.1, -0.05) is 19.4 Å². The smallest absolute Gasteiger partial charge is 0.333 e. The molecule has 0 aromatic rings. The summed E-state index contributed by atoms with van der Waals surface area (Å²) in [6.07, 6.45) is 4.77. The van der Waals surface area contributed by atoms with E-state index in [4.69, 9.17) is 9.47 Å². The zero-order chi connectivity index (χ0) is 14.7. The molecule has 20 heavy (non-hydrogen) atoms. The summed E-state index contributed by atoms with van der Waals surface area (Å²) in [4.78, 5) is 23.1. The Balaban J connectivity index is 2.15. The molecule has 2 rings (SSSR count). The normalized spacial score (nSPS) is 26.6. The van der Waals surface area contributed by atoms with Crippen molar-refractivity contribution >= 4 is 11.8 Å². The van der Waals surface area contributed by atoms with Crippen molar-refractivity contribution < 1.29 is 19.1 Å². The minimum Gasteiger partial charge on any atom is -0.428 e. The molecular weight excluding hydrogens is 256 g/mol. The van der Waals surface area contributed by atoms with Gasteiger partial charge in [0.15, 0.2) is 5.78 Å². The van der Waals surface area contributed by atoms with E-state index in [2.05, 4.69) is 13.8 Å². The molecule has 0 aromatic heterocycles. The number of rotatable bonds is 5. The minimum absolute atomic E-state index is 0.177. The number of hydrogen-bond acceptors (Lipinski definition) is 4. The zero-order valence-corrected chi connectivity index (χ0v) is 12.3. The highest BCUT2D eigenvalue weighted by molar-refractivity contribution is 5.91. The molecule has 2 unspecified atom stereocenters. The van der Waals surface area contributed by atoms with Crippen LogP contribution in [-0.2, 0) is 19.1 Å². The SMILES string of the molecule is CCOC1OC(=O)C=C1CC1=CC(=O)CCC1C(C)C. The van der Waals surface area contributed by atoms with Crippen LogP contribution in [0.15, 0.2) is 23.3 Å². The number of allylic oxidation sites excluding steroid dienone is 2. The van der Waals surface area contributed by atoms with Crippen molar-refractivity contribution in [2.24, 2.45) is 11.8 Å². The molecule has 0 amide bonds. The number of esters is 1. The predicted octanol–water partition coefficient (Wildman–Crippen LogP) is 2.78. The second-order valence-electron chi connectivity index (χ2n) is 5.69. The van der Waals surface area contributed by atoms with Crippen molar-refractivity contribution in [2.75, 3.05) is 6.61 Å². The van der Waals surface area contributed by atoms with Gasteiger partial charge in [-0.15, -0.1) is 0 Å². The number of carbonyl (C=O) groups excluding carboxylic acids is 2. The summed E-state index contributed by atoms with van der Waals surface area (Å²) < 4.78 is 10.5. The lowest BCUT2D eigenvalue weighted by atomic mass is 9.77. The van der Waals surface area contributed by atoms with Gasteiger partial charge in [-0.05, 0) is 37.7 Å². The van der Waals surface area contributed by atoms with Crippen LogP contribution < -0.4 is 0 Å². The fourth-order valence-corrected chi connectivity index (χ4v) is 2.91. The molecular formula is C16H22O4. The van der Waals surface area contributed by atoms with Gasteiger partial charge in [-0.2, -0.15) is 0 Å². The summed E-state index contributed by atoms with van der Waals surface area (Å²) in [6, 6.07) is 0. The Morgan fingerprint density at radius 3 is 2.70 bits per heavy atom. The van der Waals surface area contributed by atoms with Gasteiger partial charge >= 0.3 is 5.97 Å². The van der Waals surface area contributed by atoms with E-state index in [9.17, 15) is 9.59 Å². The van der Waals surface area contributed by atoms with Crippen molar-refractivity contribution in [3.63, 3.8) is 0 Å². The molecule has 2 atom stereocenters. The van der Waals surface area contributed by atoms with E-state index in [0.29, 0.717) is 31.3 Å². The second-order valence-corrected chi connectivity index (χ2v) is 5.69. The Morgan fingerprint density at radius 2 is 2.05 bits per heavy atom. The Morgan fingerprint density at radius 1 is 1.30 bits per heavy atom. The average molecular weight is 278 g/mol. The van der Waals surface area contributed by atoms with Crippen LogP contribution >= 0.6 is 0 Å². The summed E-state index contributed by atoms with van der Waals surface area (Å²) in [6.45, 7) is 6.68. The maximum Gasteiger partial charge on any atom is 0.333 e. The van der Waals surface area contributed by atoms with Gasteiger partial charge in [-0.25, -0.2) is 4.79 Å². The number of ketones is 1. The van der Waals surface area contributed by atoms with Crippen LogP contribution in [0, 0.1) is 11.8 Å². The van der Waals surface area contributed by atoms with Gasteiger partial charge in [0.25, 0.3) is 0 Å². The third-order valence-corrected chi connectivity index (χ3v) is 3.88. The maximum atomic E-state index is 11.7. The Hall–Kier alpha value is -1.42. The first-order valence-corrected chi connectivity index (χ1v) is 7.27. The van der Waals surface area contributed by atoms with Crippen LogP contribution in [-0.4, -0.2) is 24.6 Å². The summed E-state index contributed by atoms with van der Waals surface area (Å²) in [5, 5.41) is 0. The molecule has 1 aliphatic carbocycles. The highest BCUT2D eigenvalue weighted by atomic mass is 16.7. The minimum atomic E-state index is -0.585. The van der Waals surface area contributed by atoms with Crippen molar-refractivity contribution in [1.29, 1.82) is 0 Å². The van der Waals surface area contributed by atoms with Gasteiger partial charge in [0, 0.05) is 24.7 Å². The highest BCUT2D eigenvalue weighted by Gasteiger charge is 2.31. The van der Waals surface area contributed by atoms with Gasteiger partial charge in [0.2, 0.25) is 6.29 Å². The first kappa shape index (κ1) is 15.0. The first-order chi connectivity index (χ1) is 9.51. The van der Waals surface area contributed by atoms with Gasteiger partial charge in [0.1, 0.15) is 0 Å². The van der Waals surface area contributed by atoms with E-state index >= 15 is 0 Å². The average Bonchev–Trinajstić information content (AvgIpc) is 2.69. The standard InChI is InChI=1S/C16H22O4/c1-4-19-16-12(9-15(18)20-16)7-11-8-13(17)5-6-14(11)10(2)3/h8-10,14,16H,4-7H2,1-3H3. The van der Waals surface area contributed by atoms with E-state index in [1.165, 1.54) is 6.08 Å². The Kier molecular flexibility index (Phi) is 4.76. The molecule has 0 N–H and O–H groups in total. The Bertz CT molecular complexity index is 459. The third kappa shape index (κ3) is 3.37. The third-order valence-electron chi connectivity index (χ3n) is 3.88. The van der Waals surface area contributed by atoms with E-state index in [1.54, 1.807) is 6.08 Å². The Labute approximate surface area is 119 Å². The van der Waals surface area contributed by atoms with Crippen molar-refractivity contribution in [3.05, 3.63) is 23.3 Å². The predicted molar refractivity (Wildman–Crippen MR) is 74.9 cm³/mol.